The number of hydrogen-bond donors (Lipinski definition) is 1. The zero-order valence-electron chi connectivity index (χ0n) is 5.55. The maximum absolute atomic E-state index is 10.1. The molecule has 0 fully saturated rings. The number of ether oxygens (including phenoxy) is 1. The Hall–Kier alpha value is -0.610. The SMILES string of the molecule is CC(=O)OC(C)CO.O. The first-order chi connectivity index (χ1) is 3.66. The fourth-order valence-corrected chi connectivity index (χ4v) is 0.321. The van der Waals surface area contributed by atoms with E-state index in [1.54, 1.807) is 6.92 Å². The predicted octanol–water partition coefficient (Wildman–Crippen LogP) is -0.894. The van der Waals surface area contributed by atoms with Crippen molar-refractivity contribution in [3.8, 4) is 0 Å². The van der Waals surface area contributed by atoms with E-state index in [0.29, 0.717) is 0 Å². The van der Waals surface area contributed by atoms with Crippen LogP contribution in [-0.4, -0.2) is 29.3 Å². The van der Waals surface area contributed by atoms with E-state index in [2.05, 4.69) is 4.74 Å². The molecule has 1 unspecified atom stereocenters. The van der Waals surface area contributed by atoms with E-state index in [1.165, 1.54) is 6.92 Å². The highest BCUT2D eigenvalue weighted by Gasteiger charge is 2.00. The minimum absolute atomic E-state index is 0. The second kappa shape index (κ2) is 5.53. The molecule has 0 amide bonds. The smallest absolute Gasteiger partial charge is 0.302 e. The topological polar surface area (TPSA) is 78.0 Å². The van der Waals surface area contributed by atoms with Crippen molar-refractivity contribution in [1.29, 1.82) is 0 Å². The zero-order chi connectivity index (χ0) is 6.57. The monoisotopic (exact) mass is 136 g/mol. The summed E-state index contributed by atoms with van der Waals surface area (Å²) in [7, 11) is 0. The molecule has 0 aromatic carbocycles. The van der Waals surface area contributed by atoms with Crippen LogP contribution in [0, 0.1) is 0 Å². The summed E-state index contributed by atoms with van der Waals surface area (Å²) in [4.78, 5) is 10.1. The quantitative estimate of drug-likeness (QED) is 0.500. The molecule has 0 bridgehead atoms. The van der Waals surface area contributed by atoms with Crippen LogP contribution in [-0.2, 0) is 9.53 Å². The molecular formula is C5H12O4. The first-order valence-electron chi connectivity index (χ1n) is 2.45. The van der Waals surface area contributed by atoms with E-state index in [0.717, 1.165) is 0 Å². The lowest BCUT2D eigenvalue weighted by atomic mass is 10.4. The summed E-state index contributed by atoms with van der Waals surface area (Å²) in [5, 5.41) is 8.31. The first kappa shape index (κ1) is 11.2. The van der Waals surface area contributed by atoms with Crippen LogP contribution in [0.25, 0.3) is 0 Å². The van der Waals surface area contributed by atoms with E-state index in [-0.39, 0.29) is 24.2 Å². The van der Waals surface area contributed by atoms with Crippen molar-refractivity contribution in [3.05, 3.63) is 0 Å². The summed E-state index contributed by atoms with van der Waals surface area (Å²) in [5.41, 5.74) is 0. The molecule has 56 valence electrons. The largest absolute Gasteiger partial charge is 0.460 e. The van der Waals surface area contributed by atoms with Gasteiger partial charge in [-0.3, -0.25) is 4.79 Å². The average Bonchev–Trinajstić information content (AvgIpc) is 1.65. The predicted molar refractivity (Wildman–Crippen MR) is 31.9 cm³/mol. The van der Waals surface area contributed by atoms with E-state index < -0.39 is 0 Å². The van der Waals surface area contributed by atoms with Crippen LogP contribution < -0.4 is 0 Å². The van der Waals surface area contributed by atoms with Gasteiger partial charge in [-0.05, 0) is 6.92 Å². The normalized spacial score (nSPS) is 11.4. The van der Waals surface area contributed by atoms with E-state index >= 15 is 0 Å². The second-order valence-corrected chi connectivity index (χ2v) is 1.60. The lowest BCUT2D eigenvalue weighted by Crippen LogP contribution is -2.15. The third-order valence-corrected chi connectivity index (χ3v) is 0.624. The van der Waals surface area contributed by atoms with Crippen LogP contribution in [0.4, 0.5) is 0 Å². The Morgan fingerprint density at radius 3 is 2.33 bits per heavy atom. The molecule has 0 aliphatic rings. The van der Waals surface area contributed by atoms with Crippen molar-refractivity contribution in [3.63, 3.8) is 0 Å². The Kier molecular flexibility index (Phi) is 6.89. The number of aliphatic hydroxyl groups is 1. The molecule has 3 N–H and O–H groups in total. The second-order valence-electron chi connectivity index (χ2n) is 1.60. The van der Waals surface area contributed by atoms with Crippen molar-refractivity contribution < 1.29 is 20.1 Å². The maximum atomic E-state index is 10.1. The molecule has 0 aromatic rings. The molecule has 9 heavy (non-hydrogen) atoms. The minimum Gasteiger partial charge on any atom is -0.460 e. The van der Waals surface area contributed by atoms with E-state index in [9.17, 15) is 4.79 Å². The summed E-state index contributed by atoms with van der Waals surface area (Å²) in [5.74, 6) is -0.355. The zero-order valence-corrected chi connectivity index (χ0v) is 5.55. The highest BCUT2D eigenvalue weighted by atomic mass is 16.5. The van der Waals surface area contributed by atoms with Crippen LogP contribution in [0.3, 0.4) is 0 Å². The van der Waals surface area contributed by atoms with Gasteiger partial charge in [-0.25, -0.2) is 0 Å². The molecule has 1 atom stereocenters. The molecule has 0 aliphatic heterocycles. The Morgan fingerprint density at radius 1 is 1.78 bits per heavy atom. The Balaban J connectivity index is 0. The Labute approximate surface area is 53.7 Å². The average molecular weight is 136 g/mol. The Morgan fingerprint density at radius 2 is 2.22 bits per heavy atom. The highest BCUT2D eigenvalue weighted by Crippen LogP contribution is 1.86. The molecule has 4 nitrogen and oxygen atoms in total. The molecule has 0 saturated carbocycles. The number of carbonyl (C=O) groups excluding carboxylic acids is 1. The highest BCUT2D eigenvalue weighted by molar-refractivity contribution is 5.66. The van der Waals surface area contributed by atoms with Crippen molar-refractivity contribution in [2.75, 3.05) is 6.61 Å². The molecule has 0 aliphatic carbocycles. The lowest BCUT2D eigenvalue weighted by Gasteiger charge is -2.05. The molecular weight excluding hydrogens is 124 g/mol. The van der Waals surface area contributed by atoms with Gasteiger partial charge < -0.3 is 15.3 Å². The van der Waals surface area contributed by atoms with Crippen LogP contribution >= 0.6 is 0 Å². The summed E-state index contributed by atoms with van der Waals surface area (Å²) in [6.45, 7) is 2.83. The van der Waals surface area contributed by atoms with Crippen molar-refractivity contribution in [2.45, 2.75) is 20.0 Å². The summed E-state index contributed by atoms with van der Waals surface area (Å²) < 4.78 is 4.51. The fourth-order valence-electron chi connectivity index (χ4n) is 0.321. The van der Waals surface area contributed by atoms with Gasteiger partial charge in [0.25, 0.3) is 0 Å². The van der Waals surface area contributed by atoms with Gasteiger partial charge in [-0.2, -0.15) is 0 Å². The van der Waals surface area contributed by atoms with Crippen LogP contribution in [0.2, 0.25) is 0 Å². The lowest BCUT2D eigenvalue weighted by molar-refractivity contribution is -0.147. The molecule has 0 saturated heterocycles. The number of rotatable bonds is 2. The number of aliphatic hydroxyl groups excluding tert-OH is 1. The molecule has 0 rings (SSSR count). The van der Waals surface area contributed by atoms with Gasteiger partial charge in [-0.15, -0.1) is 0 Å². The molecule has 0 aromatic heterocycles. The third kappa shape index (κ3) is 7.39. The van der Waals surface area contributed by atoms with Crippen molar-refractivity contribution in [1.82, 2.24) is 0 Å². The number of hydrogen-bond acceptors (Lipinski definition) is 3. The minimum atomic E-state index is -0.368. The summed E-state index contributed by atoms with van der Waals surface area (Å²) in [6.07, 6.45) is -0.368. The van der Waals surface area contributed by atoms with Crippen molar-refractivity contribution >= 4 is 5.97 Å². The van der Waals surface area contributed by atoms with Crippen LogP contribution in [0.15, 0.2) is 0 Å². The molecule has 0 heterocycles. The van der Waals surface area contributed by atoms with Gasteiger partial charge in [0, 0.05) is 6.92 Å². The van der Waals surface area contributed by atoms with E-state index in [1.807, 2.05) is 0 Å². The van der Waals surface area contributed by atoms with Gasteiger partial charge in [0.05, 0.1) is 6.61 Å². The number of esters is 1. The van der Waals surface area contributed by atoms with Gasteiger partial charge in [0.2, 0.25) is 0 Å². The number of carbonyl (C=O) groups is 1. The van der Waals surface area contributed by atoms with Gasteiger partial charge in [0.15, 0.2) is 0 Å². The van der Waals surface area contributed by atoms with Crippen LogP contribution in [0.1, 0.15) is 13.8 Å². The molecule has 0 spiro atoms. The summed E-state index contributed by atoms with van der Waals surface area (Å²) >= 11 is 0. The first-order valence-corrected chi connectivity index (χ1v) is 2.45. The fraction of sp³-hybridized carbons (Fsp3) is 0.800. The van der Waals surface area contributed by atoms with Crippen molar-refractivity contribution in [2.24, 2.45) is 0 Å². The summed E-state index contributed by atoms with van der Waals surface area (Å²) in [6, 6.07) is 0. The molecule has 4 heteroatoms. The third-order valence-electron chi connectivity index (χ3n) is 0.624. The maximum Gasteiger partial charge on any atom is 0.302 e. The Bertz CT molecular complexity index is 81.0. The van der Waals surface area contributed by atoms with Crippen LogP contribution in [0.5, 0.6) is 0 Å². The molecule has 0 radical (unpaired) electrons. The van der Waals surface area contributed by atoms with E-state index in [4.69, 9.17) is 5.11 Å². The van der Waals surface area contributed by atoms with Gasteiger partial charge in [-0.1, -0.05) is 0 Å². The standard InChI is InChI=1S/C5H10O3.H2O/c1-4(3-6)8-5(2)7;/h4,6H,3H2,1-2H3;1H2. The van der Waals surface area contributed by atoms with Gasteiger partial charge >= 0.3 is 5.97 Å². The van der Waals surface area contributed by atoms with Gasteiger partial charge in [0.1, 0.15) is 6.10 Å².